The Bertz CT molecular complexity index is 558. The van der Waals surface area contributed by atoms with Gasteiger partial charge in [0.2, 0.25) is 0 Å². The van der Waals surface area contributed by atoms with Gasteiger partial charge in [-0.1, -0.05) is 13.8 Å². The molecule has 0 aliphatic carbocycles. The van der Waals surface area contributed by atoms with E-state index in [4.69, 9.17) is 9.47 Å². The maximum absolute atomic E-state index is 5.82. The standard InChI is InChI=1S/C13H17N3O2/c1-3-11-14-12-10(6-5-7-16(12)15-11)13(4-2)17-8-9-18-13/h5-7H,3-4,8-9H2,1-2H3. The van der Waals surface area contributed by atoms with Crippen LogP contribution in [-0.2, 0) is 21.7 Å². The lowest BCUT2D eigenvalue weighted by Crippen LogP contribution is -2.27. The van der Waals surface area contributed by atoms with Crippen LogP contribution in [0.5, 0.6) is 0 Å². The zero-order valence-electron chi connectivity index (χ0n) is 10.7. The van der Waals surface area contributed by atoms with Crippen molar-refractivity contribution >= 4 is 5.65 Å². The highest BCUT2D eigenvalue weighted by Crippen LogP contribution is 2.36. The molecule has 1 aliphatic rings. The topological polar surface area (TPSA) is 48.7 Å². The van der Waals surface area contributed by atoms with Gasteiger partial charge in [-0.05, 0) is 12.1 Å². The van der Waals surface area contributed by atoms with Gasteiger partial charge in [-0.15, -0.1) is 0 Å². The maximum atomic E-state index is 5.82. The third-order valence-corrected chi connectivity index (χ3v) is 3.35. The smallest absolute Gasteiger partial charge is 0.198 e. The molecule has 0 N–H and O–H groups in total. The van der Waals surface area contributed by atoms with Gasteiger partial charge >= 0.3 is 0 Å². The number of pyridine rings is 1. The molecule has 5 heteroatoms. The summed E-state index contributed by atoms with van der Waals surface area (Å²) < 4.78 is 13.4. The number of ether oxygens (including phenoxy) is 2. The van der Waals surface area contributed by atoms with E-state index in [9.17, 15) is 0 Å². The van der Waals surface area contributed by atoms with E-state index >= 15 is 0 Å². The van der Waals surface area contributed by atoms with Gasteiger partial charge in [0.25, 0.3) is 0 Å². The molecule has 1 saturated heterocycles. The van der Waals surface area contributed by atoms with Crippen LogP contribution in [0.3, 0.4) is 0 Å². The van der Waals surface area contributed by atoms with Crippen molar-refractivity contribution in [2.24, 2.45) is 0 Å². The van der Waals surface area contributed by atoms with E-state index in [2.05, 4.69) is 17.0 Å². The van der Waals surface area contributed by atoms with Crippen LogP contribution in [-0.4, -0.2) is 27.8 Å². The Kier molecular flexibility index (Phi) is 2.80. The Morgan fingerprint density at radius 1 is 1.33 bits per heavy atom. The highest BCUT2D eigenvalue weighted by molar-refractivity contribution is 5.49. The minimum absolute atomic E-state index is 0.629. The van der Waals surface area contributed by atoms with E-state index in [-0.39, 0.29) is 0 Å². The fourth-order valence-corrected chi connectivity index (χ4v) is 2.40. The lowest BCUT2D eigenvalue weighted by molar-refractivity contribution is -0.166. The second-order valence-corrected chi connectivity index (χ2v) is 4.38. The van der Waals surface area contributed by atoms with Crippen LogP contribution >= 0.6 is 0 Å². The molecule has 3 heterocycles. The predicted octanol–water partition coefficient (Wildman–Crippen LogP) is 1.90. The van der Waals surface area contributed by atoms with Gasteiger partial charge in [0.1, 0.15) is 0 Å². The average Bonchev–Trinajstić information content (AvgIpc) is 3.05. The van der Waals surface area contributed by atoms with E-state index in [0.29, 0.717) is 13.2 Å². The Labute approximate surface area is 106 Å². The summed E-state index contributed by atoms with van der Waals surface area (Å²) in [6, 6.07) is 3.97. The van der Waals surface area contributed by atoms with Crippen LogP contribution in [0.1, 0.15) is 31.7 Å². The van der Waals surface area contributed by atoms with Gasteiger partial charge in [0, 0.05) is 19.0 Å². The fourth-order valence-electron chi connectivity index (χ4n) is 2.40. The molecule has 1 fully saturated rings. The first-order valence-corrected chi connectivity index (χ1v) is 6.41. The summed E-state index contributed by atoms with van der Waals surface area (Å²) >= 11 is 0. The summed E-state index contributed by atoms with van der Waals surface area (Å²) in [6.07, 6.45) is 3.49. The van der Waals surface area contributed by atoms with E-state index in [1.807, 2.05) is 25.3 Å². The summed E-state index contributed by atoms with van der Waals surface area (Å²) in [7, 11) is 0. The SMILES string of the molecule is CCc1nc2c(C3(CC)OCCO3)cccn2n1. The van der Waals surface area contributed by atoms with Crippen molar-refractivity contribution in [2.45, 2.75) is 32.5 Å². The Morgan fingerprint density at radius 3 is 2.78 bits per heavy atom. The van der Waals surface area contributed by atoms with Crippen LogP contribution < -0.4 is 0 Å². The maximum Gasteiger partial charge on any atom is 0.198 e. The minimum atomic E-state index is -0.652. The largest absolute Gasteiger partial charge is 0.343 e. The monoisotopic (exact) mass is 247 g/mol. The third kappa shape index (κ3) is 1.62. The summed E-state index contributed by atoms with van der Waals surface area (Å²) in [5.74, 6) is 0.187. The summed E-state index contributed by atoms with van der Waals surface area (Å²) in [4.78, 5) is 4.56. The fraction of sp³-hybridized carbons (Fsp3) is 0.538. The van der Waals surface area contributed by atoms with Crippen molar-refractivity contribution in [1.29, 1.82) is 0 Å². The first kappa shape index (κ1) is 11.6. The molecule has 96 valence electrons. The van der Waals surface area contributed by atoms with Crippen molar-refractivity contribution in [3.05, 3.63) is 29.7 Å². The normalized spacial score (nSPS) is 18.6. The van der Waals surface area contributed by atoms with Crippen molar-refractivity contribution < 1.29 is 9.47 Å². The van der Waals surface area contributed by atoms with Crippen LogP contribution in [0.15, 0.2) is 18.3 Å². The van der Waals surface area contributed by atoms with Crippen molar-refractivity contribution in [2.75, 3.05) is 13.2 Å². The number of rotatable bonds is 3. The van der Waals surface area contributed by atoms with Crippen LogP contribution in [0, 0.1) is 0 Å². The molecule has 0 atom stereocenters. The first-order chi connectivity index (χ1) is 8.79. The van der Waals surface area contributed by atoms with E-state index in [1.54, 1.807) is 4.52 Å². The molecule has 3 rings (SSSR count). The molecule has 0 spiro atoms. The van der Waals surface area contributed by atoms with Gasteiger partial charge in [-0.3, -0.25) is 0 Å². The number of aromatic nitrogens is 3. The van der Waals surface area contributed by atoms with E-state index < -0.39 is 5.79 Å². The molecule has 2 aromatic heterocycles. The molecular weight excluding hydrogens is 230 g/mol. The molecular formula is C13H17N3O2. The second-order valence-electron chi connectivity index (χ2n) is 4.38. The average molecular weight is 247 g/mol. The molecule has 18 heavy (non-hydrogen) atoms. The van der Waals surface area contributed by atoms with Crippen molar-refractivity contribution in [1.82, 2.24) is 14.6 Å². The number of nitrogens with zero attached hydrogens (tertiary/aromatic N) is 3. The Balaban J connectivity index is 2.18. The van der Waals surface area contributed by atoms with Crippen molar-refractivity contribution in [3.63, 3.8) is 0 Å². The molecule has 0 aromatic carbocycles. The predicted molar refractivity (Wildman–Crippen MR) is 66.2 cm³/mol. The molecule has 0 unspecified atom stereocenters. The van der Waals surface area contributed by atoms with Gasteiger partial charge in [-0.25, -0.2) is 9.50 Å². The summed E-state index contributed by atoms with van der Waals surface area (Å²) in [5, 5.41) is 4.42. The lowest BCUT2D eigenvalue weighted by Gasteiger charge is -2.26. The molecule has 0 amide bonds. The van der Waals surface area contributed by atoms with Gasteiger partial charge in [0.15, 0.2) is 17.3 Å². The number of hydrogen-bond donors (Lipinski definition) is 0. The van der Waals surface area contributed by atoms with Crippen molar-refractivity contribution in [3.8, 4) is 0 Å². The van der Waals surface area contributed by atoms with Gasteiger partial charge in [0.05, 0.1) is 18.8 Å². The quantitative estimate of drug-likeness (QED) is 0.831. The Morgan fingerprint density at radius 2 is 2.11 bits per heavy atom. The third-order valence-electron chi connectivity index (χ3n) is 3.35. The zero-order valence-corrected chi connectivity index (χ0v) is 10.7. The number of fused-ring (bicyclic) bond motifs is 1. The molecule has 1 aliphatic heterocycles. The second kappa shape index (κ2) is 4.33. The zero-order chi connectivity index (χ0) is 12.6. The van der Waals surface area contributed by atoms with Crippen LogP contribution in [0.25, 0.3) is 5.65 Å². The van der Waals surface area contributed by atoms with E-state index in [1.165, 1.54) is 0 Å². The lowest BCUT2D eigenvalue weighted by atomic mass is 10.0. The first-order valence-electron chi connectivity index (χ1n) is 6.41. The number of aryl methyl sites for hydroxylation is 1. The summed E-state index contributed by atoms with van der Waals surface area (Å²) in [6.45, 7) is 5.37. The molecule has 2 aromatic rings. The van der Waals surface area contributed by atoms with Crippen LogP contribution in [0.4, 0.5) is 0 Å². The summed E-state index contributed by atoms with van der Waals surface area (Å²) in [5.41, 5.74) is 1.80. The van der Waals surface area contributed by atoms with Gasteiger partial charge < -0.3 is 9.47 Å². The van der Waals surface area contributed by atoms with E-state index in [0.717, 1.165) is 29.9 Å². The highest BCUT2D eigenvalue weighted by Gasteiger charge is 2.39. The molecule has 0 radical (unpaired) electrons. The minimum Gasteiger partial charge on any atom is -0.343 e. The highest BCUT2D eigenvalue weighted by atomic mass is 16.7. The molecule has 5 nitrogen and oxygen atoms in total. The van der Waals surface area contributed by atoms with Gasteiger partial charge in [-0.2, -0.15) is 5.10 Å². The Hall–Kier alpha value is -1.46. The van der Waals surface area contributed by atoms with Crippen LogP contribution in [0.2, 0.25) is 0 Å². The molecule has 0 bridgehead atoms. The number of hydrogen-bond acceptors (Lipinski definition) is 4. The molecule has 0 saturated carbocycles.